The molecule has 2 unspecified atom stereocenters. The molecule has 0 amide bonds. The lowest BCUT2D eigenvalue weighted by atomic mass is 10.1. The predicted molar refractivity (Wildman–Crippen MR) is 99.4 cm³/mol. The first-order chi connectivity index (χ1) is 12.5. The first kappa shape index (κ1) is 17.0. The van der Waals surface area contributed by atoms with Crippen molar-refractivity contribution in [2.75, 3.05) is 0 Å². The molecule has 1 aliphatic rings. The molecule has 1 fully saturated rings. The largest absolute Gasteiger partial charge is 0.460 e. The highest BCUT2D eigenvalue weighted by molar-refractivity contribution is 7.19. The Hall–Kier alpha value is -2.44. The number of hydrogen-bond acceptors (Lipinski definition) is 6. The normalized spacial score (nSPS) is 19.5. The lowest BCUT2D eigenvalue weighted by molar-refractivity contribution is -0.147. The molecule has 1 saturated heterocycles. The van der Waals surface area contributed by atoms with E-state index in [1.165, 1.54) is 11.3 Å². The number of ether oxygens (including phenoxy) is 2. The van der Waals surface area contributed by atoms with Gasteiger partial charge < -0.3 is 9.47 Å². The number of carbonyl (C=O) groups excluding carboxylic acids is 2. The number of para-hydroxylation sites is 1. The summed E-state index contributed by atoms with van der Waals surface area (Å²) in [7, 11) is 0. The van der Waals surface area contributed by atoms with Crippen molar-refractivity contribution in [3.05, 3.63) is 52.4 Å². The van der Waals surface area contributed by atoms with Crippen molar-refractivity contribution in [2.24, 2.45) is 0 Å². The summed E-state index contributed by atoms with van der Waals surface area (Å²) in [4.78, 5) is 30.0. The first-order valence-corrected chi connectivity index (χ1v) is 9.27. The van der Waals surface area contributed by atoms with Gasteiger partial charge in [0.15, 0.2) is 0 Å². The van der Waals surface area contributed by atoms with Gasteiger partial charge in [-0.05, 0) is 31.2 Å². The Kier molecular flexibility index (Phi) is 4.38. The van der Waals surface area contributed by atoms with E-state index < -0.39 is 18.0 Å². The molecule has 4 rings (SSSR count). The molecule has 0 bridgehead atoms. The molecule has 1 aliphatic heterocycles. The molecule has 2 aromatic heterocycles. The van der Waals surface area contributed by atoms with E-state index in [0.717, 1.165) is 4.88 Å². The second kappa shape index (κ2) is 6.70. The molecule has 3 heterocycles. The van der Waals surface area contributed by atoms with Crippen molar-refractivity contribution in [1.82, 2.24) is 4.98 Å². The Labute approximate surface area is 158 Å². The third-order valence-corrected chi connectivity index (χ3v) is 5.39. The van der Waals surface area contributed by atoms with Crippen LogP contribution in [0.1, 0.15) is 23.7 Å². The number of thiophene rings is 1. The smallest absolute Gasteiger partial charge is 0.347 e. The number of hydrogen-bond donors (Lipinski definition) is 0. The maximum Gasteiger partial charge on any atom is 0.347 e. The molecule has 0 saturated carbocycles. The van der Waals surface area contributed by atoms with Gasteiger partial charge in [-0.2, -0.15) is 0 Å². The van der Waals surface area contributed by atoms with Gasteiger partial charge in [0.1, 0.15) is 6.10 Å². The minimum absolute atomic E-state index is 0.252. The van der Waals surface area contributed by atoms with Gasteiger partial charge in [-0.1, -0.05) is 29.8 Å². The molecule has 3 aromatic rings. The van der Waals surface area contributed by atoms with E-state index in [1.807, 2.05) is 24.3 Å². The predicted octanol–water partition coefficient (Wildman–Crippen LogP) is 4.48. The van der Waals surface area contributed by atoms with Crippen LogP contribution in [0.2, 0.25) is 4.34 Å². The highest BCUT2D eigenvalue weighted by atomic mass is 35.5. The molecule has 5 nitrogen and oxygen atoms in total. The fourth-order valence-electron chi connectivity index (χ4n) is 2.93. The van der Waals surface area contributed by atoms with E-state index in [4.69, 9.17) is 21.1 Å². The van der Waals surface area contributed by atoms with Crippen molar-refractivity contribution in [3.63, 3.8) is 0 Å². The van der Waals surface area contributed by atoms with Crippen molar-refractivity contribution >= 4 is 45.8 Å². The molecule has 0 radical (unpaired) electrons. The molecule has 1 aromatic carbocycles. The van der Waals surface area contributed by atoms with Crippen LogP contribution in [0, 0.1) is 0 Å². The number of esters is 2. The Bertz CT molecular complexity index is 1020. The average molecular weight is 388 g/mol. The van der Waals surface area contributed by atoms with E-state index >= 15 is 0 Å². The zero-order valence-corrected chi connectivity index (χ0v) is 15.3. The lowest BCUT2D eigenvalue weighted by Gasteiger charge is -2.11. The van der Waals surface area contributed by atoms with E-state index in [-0.39, 0.29) is 6.10 Å². The second-order valence-electron chi connectivity index (χ2n) is 6.05. The molecule has 2 atom stereocenters. The van der Waals surface area contributed by atoms with Crippen LogP contribution in [0.3, 0.4) is 0 Å². The number of benzene rings is 1. The minimum atomic E-state index is -0.871. The highest BCUT2D eigenvalue weighted by Gasteiger charge is 2.35. The quantitative estimate of drug-likeness (QED) is 0.620. The van der Waals surface area contributed by atoms with Crippen molar-refractivity contribution in [3.8, 4) is 10.6 Å². The van der Waals surface area contributed by atoms with Crippen LogP contribution in [0.15, 0.2) is 42.5 Å². The minimum Gasteiger partial charge on any atom is -0.460 e. The molecule has 26 heavy (non-hydrogen) atoms. The summed E-state index contributed by atoms with van der Waals surface area (Å²) < 4.78 is 11.1. The number of rotatable bonds is 3. The summed E-state index contributed by atoms with van der Waals surface area (Å²) >= 11 is 7.40. The van der Waals surface area contributed by atoms with Crippen molar-refractivity contribution in [2.45, 2.75) is 25.6 Å². The van der Waals surface area contributed by atoms with Gasteiger partial charge >= 0.3 is 11.9 Å². The number of fused-ring (bicyclic) bond motifs is 1. The van der Waals surface area contributed by atoms with Crippen LogP contribution in [-0.4, -0.2) is 29.1 Å². The Balaban J connectivity index is 1.75. The van der Waals surface area contributed by atoms with E-state index in [9.17, 15) is 9.59 Å². The summed E-state index contributed by atoms with van der Waals surface area (Å²) in [5.41, 5.74) is 1.67. The van der Waals surface area contributed by atoms with Gasteiger partial charge in [-0.3, -0.25) is 0 Å². The molecular formula is C19H14ClNO4S. The van der Waals surface area contributed by atoms with Gasteiger partial charge in [0.2, 0.25) is 6.10 Å². The van der Waals surface area contributed by atoms with E-state index in [1.54, 1.807) is 25.1 Å². The first-order valence-electron chi connectivity index (χ1n) is 8.08. The third-order valence-electron chi connectivity index (χ3n) is 4.14. The highest BCUT2D eigenvalue weighted by Crippen LogP contribution is 2.32. The van der Waals surface area contributed by atoms with Gasteiger partial charge in [0.05, 0.1) is 26.0 Å². The fourth-order valence-corrected chi connectivity index (χ4v) is 3.94. The number of aromatic nitrogens is 1. The Morgan fingerprint density at radius 1 is 1.31 bits per heavy atom. The average Bonchev–Trinajstić information content (AvgIpc) is 3.19. The molecular weight excluding hydrogens is 374 g/mol. The summed E-state index contributed by atoms with van der Waals surface area (Å²) in [6, 6.07) is 12.6. The van der Waals surface area contributed by atoms with Gasteiger partial charge in [0, 0.05) is 11.8 Å². The standard InChI is InChI=1S/C19H14ClNO4S/c1-10-8-15(19(23)24-10)25-18(22)12-9-14(16-6-7-17(20)26-16)21-13-5-3-2-4-11(12)13/h2-7,9-10,15H,8H2,1H3. The Morgan fingerprint density at radius 2 is 2.12 bits per heavy atom. The molecule has 132 valence electrons. The van der Waals surface area contributed by atoms with Crippen LogP contribution < -0.4 is 0 Å². The summed E-state index contributed by atoms with van der Waals surface area (Å²) in [6.07, 6.45) is -0.761. The maximum absolute atomic E-state index is 12.8. The van der Waals surface area contributed by atoms with Crippen LogP contribution in [0.25, 0.3) is 21.5 Å². The molecule has 0 spiro atoms. The summed E-state index contributed by atoms with van der Waals surface area (Å²) in [6.45, 7) is 1.77. The number of cyclic esters (lactones) is 1. The summed E-state index contributed by atoms with van der Waals surface area (Å²) in [5.74, 6) is -1.07. The van der Waals surface area contributed by atoms with E-state index in [2.05, 4.69) is 4.98 Å². The SMILES string of the molecule is CC1CC(OC(=O)c2cc(-c3ccc(Cl)s3)nc3ccccc23)C(=O)O1. The second-order valence-corrected chi connectivity index (χ2v) is 7.77. The molecule has 7 heteroatoms. The zero-order chi connectivity index (χ0) is 18.3. The lowest BCUT2D eigenvalue weighted by Crippen LogP contribution is -2.23. The van der Waals surface area contributed by atoms with Gasteiger partial charge in [0.25, 0.3) is 0 Å². The number of pyridine rings is 1. The number of halogens is 1. The van der Waals surface area contributed by atoms with E-state index in [0.29, 0.717) is 32.9 Å². The van der Waals surface area contributed by atoms with Gasteiger partial charge in [-0.15, -0.1) is 11.3 Å². The number of nitrogens with zero attached hydrogens (tertiary/aromatic N) is 1. The summed E-state index contributed by atoms with van der Waals surface area (Å²) in [5, 5.41) is 0.670. The number of carbonyl (C=O) groups is 2. The zero-order valence-electron chi connectivity index (χ0n) is 13.8. The van der Waals surface area contributed by atoms with Crippen LogP contribution in [0.5, 0.6) is 0 Å². The van der Waals surface area contributed by atoms with Crippen LogP contribution in [0.4, 0.5) is 0 Å². The van der Waals surface area contributed by atoms with Gasteiger partial charge in [-0.25, -0.2) is 14.6 Å². The van der Waals surface area contributed by atoms with Crippen molar-refractivity contribution < 1.29 is 19.1 Å². The van der Waals surface area contributed by atoms with Crippen molar-refractivity contribution in [1.29, 1.82) is 0 Å². The Morgan fingerprint density at radius 3 is 2.81 bits per heavy atom. The molecule has 0 aliphatic carbocycles. The fraction of sp³-hybridized carbons (Fsp3) is 0.211. The topological polar surface area (TPSA) is 65.5 Å². The monoisotopic (exact) mass is 387 g/mol. The third kappa shape index (κ3) is 3.18. The molecule has 0 N–H and O–H groups in total. The van der Waals surface area contributed by atoms with Crippen LogP contribution in [-0.2, 0) is 14.3 Å². The van der Waals surface area contributed by atoms with Crippen LogP contribution >= 0.6 is 22.9 Å². The maximum atomic E-state index is 12.8.